The molecule has 3 heteroatoms. The second kappa shape index (κ2) is 14.3. The summed E-state index contributed by atoms with van der Waals surface area (Å²) in [5, 5.41) is 7.15. The number of aromatic nitrogens is 1. The molecule has 2 aromatic heterocycles. The van der Waals surface area contributed by atoms with E-state index in [2.05, 4.69) is 240 Å². The maximum Gasteiger partial charge on any atom is 0.137 e. The highest BCUT2D eigenvalue weighted by atomic mass is 16.3. The van der Waals surface area contributed by atoms with E-state index < -0.39 is 0 Å². The van der Waals surface area contributed by atoms with Crippen LogP contribution < -0.4 is 4.90 Å². The normalized spacial score (nSPS) is 11.6. The van der Waals surface area contributed by atoms with Crippen LogP contribution in [0.2, 0.25) is 0 Å². The largest absolute Gasteiger partial charge is 0.456 e. The Morgan fingerprint density at radius 1 is 0.344 bits per heavy atom. The van der Waals surface area contributed by atoms with Gasteiger partial charge in [0.1, 0.15) is 11.2 Å². The molecule has 286 valence electrons. The minimum absolute atomic E-state index is 0.857. The van der Waals surface area contributed by atoms with Gasteiger partial charge in [0.05, 0.1) is 22.1 Å². The van der Waals surface area contributed by atoms with Gasteiger partial charge in [0.15, 0.2) is 0 Å². The Hall–Kier alpha value is -8.14. The Bertz CT molecular complexity index is 3550. The molecule has 3 nitrogen and oxygen atoms in total. The number of nitrogens with zero attached hydrogens (tertiary/aromatic N) is 2. The zero-order chi connectivity index (χ0) is 40.3. The molecule has 0 fully saturated rings. The molecule has 0 atom stereocenters. The number of hydrogen-bond donors (Lipinski definition) is 0. The van der Waals surface area contributed by atoms with Gasteiger partial charge in [-0.25, -0.2) is 0 Å². The third-order valence-corrected chi connectivity index (χ3v) is 12.2. The van der Waals surface area contributed by atoms with Crippen LogP contribution in [-0.2, 0) is 0 Å². The lowest BCUT2D eigenvalue weighted by Gasteiger charge is -2.26. The number of anilines is 3. The van der Waals surface area contributed by atoms with E-state index in [9.17, 15) is 0 Å². The Morgan fingerprint density at radius 3 is 1.59 bits per heavy atom. The van der Waals surface area contributed by atoms with Gasteiger partial charge in [0.2, 0.25) is 0 Å². The Morgan fingerprint density at radius 2 is 0.885 bits per heavy atom. The van der Waals surface area contributed by atoms with Crippen molar-refractivity contribution in [3.05, 3.63) is 231 Å². The first-order valence-electron chi connectivity index (χ1n) is 20.8. The van der Waals surface area contributed by atoms with Gasteiger partial charge >= 0.3 is 0 Å². The van der Waals surface area contributed by atoms with Gasteiger partial charge < -0.3 is 13.9 Å². The fraction of sp³-hybridized carbons (Fsp3) is 0. The van der Waals surface area contributed by atoms with E-state index in [0.717, 1.165) is 55.8 Å². The van der Waals surface area contributed by atoms with E-state index >= 15 is 0 Å². The fourth-order valence-electron chi connectivity index (χ4n) is 9.27. The number of furan rings is 1. The average molecular weight is 779 g/mol. The predicted molar refractivity (Wildman–Crippen MR) is 257 cm³/mol. The molecule has 0 bridgehead atoms. The van der Waals surface area contributed by atoms with Crippen LogP contribution in [0.5, 0.6) is 0 Å². The lowest BCUT2D eigenvalue weighted by molar-refractivity contribution is 0.669. The maximum absolute atomic E-state index is 6.62. The second-order valence-corrected chi connectivity index (χ2v) is 15.7. The highest BCUT2D eigenvalue weighted by Crippen LogP contribution is 2.45. The van der Waals surface area contributed by atoms with Gasteiger partial charge in [0, 0.05) is 38.6 Å². The van der Waals surface area contributed by atoms with E-state index in [-0.39, 0.29) is 0 Å². The van der Waals surface area contributed by atoms with Crippen molar-refractivity contribution in [2.45, 2.75) is 0 Å². The first-order valence-corrected chi connectivity index (χ1v) is 20.8. The molecule has 12 rings (SSSR count). The number of para-hydroxylation sites is 1. The first-order chi connectivity index (χ1) is 30.2. The first kappa shape index (κ1) is 34.9. The summed E-state index contributed by atoms with van der Waals surface area (Å²) in [7, 11) is 0. The quantitative estimate of drug-likeness (QED) is 0.161. The fourth-order valence-corrected chi connectivity index (χ4v) is 9.27. The van der Waals surface area contributed by atoms with Crippen molar-refractivity contribution in [3.63, 3.8) is 0 Å². The molecule has 0 amide bonds. The summed E-state index contributed by atoms with van der Waals surface area (Å²) in [5.41, 5.74) is 15.5. The second-order valence-electron chi connectivity index (χ2n) is 15.7. The molecule has 0 radical (unpaired) electrons. The summed E-state index contributed by atoms with van der Waals surface area (Å²) in [6.07, 6.45) is 0. The smallest absolute Gasteiger partial charge is 0.137 e. The van der Waals surface area contributed by atoms with Gasteiger partial charge in [0.25, 0.3) is 0 Å². The maximum atomic E-state index is 6.62. The minimum Gasteiger partial charge on any atom is -0.456 e. The van der Waals surface area contributed by atoms with E-state index in [1.165, 1.54) is 54.8 Å². The molecular formula is C58H38N2O. The van der Waals surface area contributed by atoms with Gasteiger partial charge in [-0.05, 0) is 105 Å². The molecule has 0 saturated carbocycles. The summed E-state index contributed by atoms with van der Waals surface area (Å²) >= 11 is 0. The highest BCUT2D eigenvalue weighted by Gasteiger charge is 2.21. The molecular weight excluding hydrogens is 741 g/mol. The molecule has 61 heavy (non-hydrogen) atoms. The number of fused-ring (bicyclic) bond motifs is 8. The van der Waals surface area contributed by atoms with Gasteiger partial charge in [-0.1, -0.05) is 164 Å². The molecule has 0 saturated heterocycles. The Labute approximate surface area is 353 Å². The standard InChI is InChI=1S/C58H38N2O/c1-4-13-39(14-5-1)41-23-30-47(31-24-41)59(53-21-12-22-55-57(53)52-36-29-45(38-56(52)61-55)40-15-6-2-7-16-40)48-32-25-42(26-33-48)44-28-34-50-51-35-27-43-17-10-11-20-49(43)58(51)60(54(50)37-44)46-18-8-3-9-19-46/h1-38H. The average Bonchev–Trinajstić information content (AvgIpc) is 3.89. The van der Waals surface area contributed by atoms with Crippen LogP contribution in [0, 0.1) is 0 Å². The van der Waals surface area contributed by atoms with E-state index in [1.54, 1.807) is 0 Å². The van der Waals surface area contributed by atoms with Gasteiger partial charge in [-0.2, -0.15) is 0 Å². The third-order valence-electron chi connectivity index (χ3n) is 12.2. The van der Waals surface area contributed by atoms with Crippen LogP contribution in [0.3, 0.4) is 0 Å². The summed E-state index contributed by atoms with van der Waals surface area (Å²) in [6.45, 7) is 0. The van der Waals surface area contributed by atoms with E-state index in [4.69, 9.17) is 4.42 Å². The van der Waals surface area contributed by atoms with Crippen molar-refractivity contribution in [1.82, 2.24) is 4.57 Å². The Balaban J connectivity index is 1.00. The van der Waals surface area contributed by atoms with Crippen molar-refractivity contribution < 1.29 is 4.42 Å². The van der Waals surface area contributed by atoms with Crippen LogP contribution in [0.1, 0.15) is 0 Å². The molecule has 0 aliphatic rings. The summed E-state index contributed by atoms with van der Waals surface area (Å²) in [6, 6.07) is 82.8. The SMILES string of the molecule is c1ccc(-c2ccc(N(c3ccc(-c4ccc5c6ccc7ccccc7c6n(-c6ccccc6)c5c4)cc3)c3cccc4oc5cc(-c6ccccc6)ccc5c34)cc2)cc1. The van der Waals surface area contributed by atoms with Crippen LogP contribution in [0.25, 0.3) is 93.6 Å². The van der Waals surface area contributed by atoms with Crippen LogP contribution >= 0.6 is 0 Å². The van der Waals surface area contributed by atoms with Crippen LogP contribution in [0.15, 0.2) is 235 Å². The topological polar surface area (TPSA) is 21.3 Å². The third kappa shape index (κ3) is 5.90. The number of hydrogen-bond acceptors (Lipinski definition) is 2. The van der Waals surface area contributed by atoms with Crippen molar-refractivity contribution in [1.29, 1.82) is 0 Å². The van der Waals surface area contributed by atoms with Crippen molar-refractivity contribution >= 4 is 71.6 Å². The van der Waals surface area contributed by atoms with Crippen molar-refractivity contribution in [3.8, 4) is 39.1 Å². The number of rotatable bonds is 7. The number of benzene rings is 10. The van der Waals surface area contributed by atoms with Gasteiger partial charge in [-0.15, -0.1) is 0 Å². The molecule has 2 heterocycles. The van der Waals surface area contributed by atoms with Crippen molar-refractivity contribution in [2.75, 3.05) is 4.90 Å². The molecule has 0 unspecified atom stereocenters. The zero-order valence-electron chi connectivity index (χ0n) is 33.2. The molecule has 0 spiro atoms. The summed E-state index contributed by atoms with van der Waals surface area (Å²) in [4.78, 5) is 2.36. The lowest BCUT2D eigenvalue weighted by Crippen LogP contribution is -2.10. The molecule has 0 N–H and O–H groups in total. The highest BCUT2D eigenvalue weighted by molar-refractivity contribution is 6.19. The van der Waals surface area contributed by atoms with Crippen LogP contribution in [0.4, 0.5) is 17.1 Å². The predicted octanol–water partition coefficient (Wildman–Crippen LogP) is 16.3. The lowest BCUT2D eigenvalue weighted by atomic mass is 10.0. The van der Waals surface area contributed by atoms with E-state index in [0.29, 0.717) is 0 Å². The summed E-state index contributed by atoms with van der Waals surface area (Å²) < 4.78 is 9.06. The van der Waals surface area contributed by atoms with Gasteiger partial charge in [-0.3, -0.25) is 0 Å². The minimum atomic E-state index is 0.857. The molecule has 12 aromatic rings. The monoisotopic (exact) mass is 778 g/mol. The summed E-state index contributed by atoms with van der Waals surface area (Å²) in [5.74, 6) is 0. The van der Waals surface area contributed by atoms with Crippen molar-refractivity contribution in [2.24, 2.45) is 0 Å². The zero-order valence-corrected chi connectivity index (χ0v) is 33.2. The molecule has 0 aliphatic carbocycles. The van der Waals surface area contributed by atoms with E-state index in [1.807, 2.05) is 0 Å². The molecule has 0 aliphatic heterocycles. The van der Waals surface area contributed by atoms with Crippen LogP contribution in [-0.4, -0.2) is 4.57 Å². The Kier molecular flexibility index (Phi) is 8.17. The molecule has 10 aromatic carbocycles.